The van der Waals surface area contributed by atoms with Crippen molar-refractivity contribution >= 4 is 39.2 Å². The molecule has 7 heteroatoms. The zero-order valence-electron chi connectivity index (χ0n) is 12.9. The van der Waals surface area contributed by atoms with Gasteiger partial charge in [0, 0.05) is 24.5 Å². The Labute approximate surface area is 146 Å². The predicted octanol–water partition coefficient (Wildman–Crippen LogP) is 3.82. The monoisotopic (exact) mass is 359 g/mol. The van der Waals surface area contributed by atoms with Crippen molar-refractivity contribution in [1.82, 2.24) is 14.9 Å². The molecule has 1 aliphatic rings. The molecule has 0 radical (unpaired) electrons. The lowest BCUT2D eigenvalue weighted by Gasteiger charge is -2.10. The van der Waals surface area contributed by atoms with Crippen molar-refractivity contribution in [3.8, 4) is 11.1 Å². The van der Waals surface area contributed by atoms with Gasteiger partial charge in [-0.1, -0.05) is 23.9 Å². The fraction of sp³-hybridized carbons (Fsp3) is 0.235. The van der Waals surface area contributed by atoms with Crippen molar-refractivity contribution in [2.24, 2.45) is 0 Å². The van der Waals surface area contributed by atoms with E-state index in [0.29, 0.717) is 0 Å². The maximum absolute atomic E-state index is 13.2. The number of hydrogen-bond acceptors (Lipinski definition) is 5. The summed E-state index contributed by atoms with van der Waals surface area (Å²) >= 11 is 3.03. The van der Waals surface area contributed by atoms with Gasteiger partial charge >= 0.3 is 0 Å². The number of rotatable bonds is 3. The molecule has 4 rings (SSSR count). The summed E-state index contributed by atoms with van der Waals surface area (Å²) in [5.41, 5.74) is 1.91. The van der Waals surface area contributed by atoms with E-state index in [9.17, 15) is 9.18 Å². The van der Waals surface area contributed by atoms with Crippen LogP contribution in [0.25, 0.3) is 21.3 Å². The largest absolute Gasteiger partial charge is 0.345 e. The second-order valence-corrected chi connectivity index (χ2v) is 7.72. The van der Waals surface area contributed by atoms with Gasteiger partial charge in [-0.25, -0.2) is 14.4 Å². The van der Waals surface area contributed by atoms with E-state index in [0.717, 1.165) is 39.3 Å². The Morgan fingerprint density at radius 3 is 2.79 bits per heavy atom. The fourth-order valence-electron chi connectivity index (χ4n) is 2.81. The van der Waals surface area contributed by atoms with Gasteiger partial charge in [-0.3, -0.25) is 4.79 Å². The second-order valence-electron chi connectivity index (χ2n) is 5.67. The van der Waals surface area contributed by atoms with Crippen molar-refractivity contribution in [1.29, 1.82) is 0 Å². The highest BCUT2D eigenvalue weighted by Crippen LogP contribution is 2.40. The number of nitrogens with zero attached hydrogens (tertiary/aromatic N) is 3. The summed E-state index contributed by atoms with van der Waals surface area (Å²) in [7, 11) is 1.83. The van der Waals surface area contributed by atoms with Gasteiger partial charge in [0.2, 0.25) is 5.91 Å². The minimum absolute atomic E-state index is 0.103. The number of carbonyl (C=O) groups excluding carboxylic acids is 1. The maximum atomic E-state index is 13.2. The van der Waals surface area contributed by atoms with E-state index in [1.54, 1.807) is 23.4 Å². The van der Waals surface area contributed by atoms with E-state index < -0.39 is 0 Å². The summed E-state index contributed by atoms with van der Waals surface area (Å²) in [6.45, 7) is 0.777. The van der Waals surface area contributed by atoms with E-state index >= 15 is 0 Å². The molecule has 0 bridgehead atoms. The van der Waals surface area contributed by atoms with Crippen LogP contribution in [0.4, 0.5) is 4.39 Å². The van der Waals surface area contributed by atoms with Gasteiger partial charge in [0.05, 0.1) is 10.6 Å². The van der Waals surface area contributed by atoms with Gasteiger partial charge in [0.1, 0.15) is 22.0 Å². The van der Waals surface area contributed by atoms with Crippen molar-refractivity contribution < 1.29 is 9.18 Å². The van der Waals surface area contributed by atoms with Crippen molar-refractivity contribution in [2.75, 3.05) is 13.6 Å². The first-order valence-corrected chi connectivity index (χ1v) is 9.29. The zero-order chi connectivity index (χ0) is 16.7. The third-order valence-corrected chi connectivity index (χ3v) is 6.26. The first kappa shape index (κ1) is 15.5. The lowest BCUT2D eigenvalue weighted by molar-refractivity contribution is -0.126. The molecule has 1 saturated heterocycles. The van der Waals surface area contributed by atoms with Gasteiger partial charge in [0.15, 0.2) is 0 Å². The third-order valence-electron chi connectivity index (χ3n) is 4.12. The number of likely N-dealkylation sites (tertiary alicyclic amines) is 1. The van der Waals surface area contributed by atoms with Gasteiger partial charge in [0.25, 0.3) is 0 Å². The molecule has 0 N–H and O–H groups in total. The van der Waals surface area contributed by atoms with Gasteiger partial charge in [-0.15, -0.1) is 11.3 Å². The Hall–Kier alpha value is -1.99. The molecule has 1 fully saturated rings. The molecule has 0 spiro atoms. The molecule has 24 heavy (non-hydrogen) atoms. The van der Waals surface area contributed by atoms with Crippen LogP contribution < -0.4 is 0 Å². The number of thioether (sulfide) groups is 1. The fourth-order valence-corrected chi connectivity index (χ4v) is 5.00. The Kier molecular flexibility index (Phi) is 3.97. The average Bonchev–Trinajstić information content (AvgIpc) is 3.15. The van der Waals surface area contributed by atoms with E-state index in [4.69, 9.17) is 0 Å². The highest BCUT2D eigenvalue weighted by atomic mass is 32.2. The molecule has 122 valence electrons. The van der Waals surface area contributed by atoms with Crippen LogP contribution in [0.15, 0.2) is 41.0 Å². The molecule has 0 unspecified atom stereocenters. The minimum atomic E-state index is -0.260. The molecule has 1 aliphatic heterocycles. The number of benzene rings is 1. The van der Waals surface area contributed by atoms with Crippen molar-refractivity contribution in [3.05, 3.63) is 41.8 Å². The summed E-state index contributed by atoms with van der Waals surface area (Å²) in [5.74, 6) is -0.117. The molecule has 2 aromatic heterocycles. The molecule has 3 aromatic rings. The number of thiophene rings is 1. The summed E-state index contributed by atoms with van der Waals surface area (Å²) < 4.78 is 13.2. The number of halogens is 1. The van der Waals surface area contributed by atoms with E-state index in [1.807, 2.05) is 12.4 Å². The van der Waals surface area contributed by atoms with Crippen LogP contribution in [0.1, 0.15) is 6.42 Å². The first-order valence-electron chi connectivity index (χ1n) is 7.53. The first-order chi connectivity index (χ1) is 11.6. The van der Waals surface area contributed by atoms with Crippen LogP contribution in [0.3, 0.4) is 0 Å². The molecular formula is C17H14FN3OS2. The van der Waals surface area contributed by atoms with Crippen LogP contribution >= 0.6 is 23.1 Å². The van der Waals surface area contributed by atoms with Gasteiger partial charge < -0.3 is 4.90 Å². The second kappa shape index (κ2) is 6.14. The smallest absolute Gasteiger partial charge is 0.235 e. The molecule has 1 atom stereocenters. The average molecular weight is 359 g/mol. The van der Waals surface area contributed by atoms with Crippen LogP contribution in [-0.4, -0.2) is 39.6 Å². The van der Waals surface area contributed by atoms with Crippen molar-refractivity contribution in [2.45, 2.75) is 16.7 Å². The number of fused-ring (bicyclic) bond motifs is 1. The predicted molar refractivity (Wildman–Crippen MR) is 94.7 cm³/mol. The molecule has 0 saturated carbocycles. The third kappa shape index (κ3) is 2.67. The summed E-state index contributed by atoms with van der Waals surface area (Å²) in [6.07, 6.45) is 2.36. The Bertz CT molecular complexity index is 910. The van der Waals surface area contributed by atoms with Crippen LogP contribution in [0, 0.1) is 5.82 Å². The van der Waals surface area contributed by atoms with Gasteiger partial charge in [-0.2, -0.15) is 0 Å². The molecule has 1 amide bonds. The zero-order valence-corrected chi connectivity index (χ0v) is 14.5. The molecular weight excluding hydrogens is 345 g/mol. The van der Waals surface area contributed by atoms with Crippen LogP contribution in [0.2, 0.25) is 0 Å². The quantitative estimate of drug-likeness (QED) is 0.667. The minimum Gasteiger partial charge on any atom is -0.345 e. The van der Waals surface area contributed by atoms with E-state index in [-0.39, 0.29) is 17.0 Å². The maximum Gasteiger partial charge on any atom is 0.235 e. The van der Waals surface area contributed by atoms with Crippen molar-refractivity contribution in [3.63, 3.8) is 0 Å². The highest BCUT2D eigenvalue weighted by molar-refractivity contribution is 8.00. The SMILES string of the molecule is CN1CC[C@H](Sc2ncnc3scc(-c4ccc(F)cc4)c23)C1=O. The lowest BCUT2D eigenvalue weighted by atomic mass is 10.1. The summed E-state index contributed by atoms with van der Waals surface area (Å²) in [6, 6.07) is 6.41. The Morgan fingerprint density at radius 1 is 1.29 bits per heavy atom. The standard InChI is InChI=1S/C17H14FN3OS2/c1-21-7-6-13(17(21)22)24-16-14-12(8-23-15(14)19-9-20-16)10-2-4-11(18)5-3-10/h2-5,8-9,13H,6-7H2,1H3/t13-/m0/s1. The number of hydrogen-bond donors (Lipinski definition) is 0. The summed E-state index contributed by atoms with van der Waals surface area (Å²) in [5, 5.41) is 3.67. The molecule has 3 heterocycles. The Morgan fingerprint density at radius 2 is 2.08 bits per heavy atom. The number of carbonyl (C=O) groups is 1. The topological polar surface area (TPSA) is 46.1 Å². The normalized spacial score (nSPS) is 17.8. The number of amides is 1. The molecule has 1 aromatic carbocycles. The molecule has 0 aliphatic carbocycles. The Balaban J connectivity index is 1.77. The van der Waals surface area contributed by atoms with Gasteiger partial charge in [-0.05, 0) is 24.1 Å². The van der Waals surface area contributed by atoms with Crippen LogP contribution in [0.5, 0.6) is 0 Å². The van der Waals surface area contributed by atoms with E-state index in [1.165, 1.54) is 35.2 Å². The highest BCUT2D eigenvalue weighted by Gasteiger charge is 2.31. The summed E-state index contributed by atoms with van der Waals surface area (Å²) in [4.78, 5) is 23.6. The molecule has 4 nitrogen and oxygen atoms in total. The van der Waals surface area contributed by atoms with Crippen LogP contribution in [-0.2, 0) is 4.79 Å². The number of aromatic nitrogens is 2. The van der Waals surface area contributed by atoms with E-state index in [2.05, 4.69) is 9.97 Å². The lowest BCUT2D eigenvalue weighted by Crippen LogP contribution is -2.23.